The lowest BCUT2D eigenvalue weighted by Gasteiger charge is -2.17. The SMILES string of the molecule is CCN=C1NC(=O)C2C(Cc3ccc(OCc4ccc(C(F)(F)F)cc4C(F)(F)F)c(OC)c3)C2S1. The molecule has 3 unspecified atom stereocenters. The number of hydrogen-bond acceptors (Lipinski definition) is 5. The number of aliphatic imine (C=N–C) groups is 1. The van der Waals surface area contributed by atoms with Gasteiger partial charge < -0.3 is 14.8 Å². The number of ether oxygens (including phenoxy) is 2. The molecule has 1 aliphatic heterocycles. The largest absolute Gasteiger partial charge is 0.493 e. The van der Waals surface area contributed by atoms with Crippen molar-refractivity contribution >= 4 is 22.8 Å². The van der Waals surface area contributed by atoms with Crippen LogP contribution in [0.15, 0.2) is 41.4 Å². The first-order valence-electron chi connectivity index (χ1n) is 11.0. The van der Waals surface area contributed by atoms with Gasteiger partial charge in [0, 0.05) is 17.4 Å². The van der Waals surface area contributed by atoms with Crippen molar-refractivity contribution in [3.8, 4) is 11.5 Å². The van der Waals surface area contributed by atoms with Crippen molar-refractivity contribution in [1.29, 1.82) is 0 Å². The van der Waals surface area contributed by atoms with Crippen LogP contribution in [0.3, 0.4) is 0 Å². The summed E-state index contributed by atoms with van der Waals surface area (Å²) in [4.78, 5) is 16.6. The Balaban J connectivity index is 1.47. The lowest BCUT2D eigenvalue weighted by atomic mass is 10.0. The Morgan fingerprint density at radius 2 is 1.78 bits per heavy atom. The van der Waals surface area contributed by atoms with Gasteiger partial charge in [-0.25, -0.2) is 0 Å². The number of alkyl halides is 6. The predicted octanol–water partition coefficient (Wildman–Crippen LogP) is 5.71. The van der Waals surface area contributed by atoms with E-state index in [9.17, 15) is 31.1 Å². The number of benzene rings is 2. The highest BCUT2D eigenvalue weighted by atomic mass is 32.2. The summed E-state index contributed by atoms with van der Waals surface area (Å²) >= 11 is 1.54. The van der Waals surface area contributed by atoms with Gasteiger partial charge in [-0.1, -0.05) is 23.9 Å². The second-order valence-electron chi connectivity index (χ2n) is 8.39. The zero-order valence-electron chi connectivity index (χ0n) is 19.2. The van der Waals surface area contributed by atoms with Gasteiger partial charge in [-0.3, -0.25) is 9.79 Å². The van der Waals surface area contributed by atoms with Crippen molar-refractivity contribution in [2.45, 2.75) is 37.6 Å². The second-order valence-corrected chi connectivity index (χ2v) is 9.55. The average Bonchev–Trinajstić information content (AvgIpc) is 3.49. The van der Waals surface area contributed by atoms with E-state index in [1.807, 2.05) is 6.92 Å². The third-order valence-electron chi connectivity index (χ3n) is 6.00. The van der Waals surface area contributed by atoms with Crippen LogP contribution in [0.2, 0.25) is 0 Å². The molecule has 5 nitrogen and oxygen atoms in total. The van der Waals surface area contributed by atoms with Crippen LogP contribution in [-0.2, 0) is 30.2 Å². The van der Waals surface area contributed by atoms with E-state index in [0.29, 0.717) is 24.2 Å². The van der Waals surface area contributed by atoms with E-state index in [0.717, 1.165) is 11.6 Å². The van der Waals surface area contributed by atoms with E-state index in [2.05, 4.69) is 10.3 Å². The molecule has 0 radical (unpaired) electrons. The van der Waals surface area contributed by atoms with Crippen LogP contribution >= 0.6 is 11.8 Å². The molecule has 194 valence electrons. The molecule has 2 aliphatic rings. The van der Waals surface area contributed by atoms with Gasteiger partial charge in [-0.05, 0) is 49.1 Å². The van der Waals surface area contributed by atoms with Crippen molar-refractivity contribution < 1.29 is 40.6 Å². The minimum absolute atomic E-state index is 0.0557. The fourth-order valence-corrected chi connectivity index (χ4v) is 5.63. The number of rotatable bonds is 7. The van der Waals surface area contributed by atoms with Crippen molar-refractivity contribution in [3.63, 3.8) is 0 Å². The lowest BCUT2D eigenvalue weighted by Crippen LogP contribution is -2.34. The summed E-state index contributed by atoms with van der Waals surface area (Å²) in [5.74, 6) is 0.347. The monoisotopic (exact) mass is 532 g/mol. The van der Waals surface area contributed by atoms with E-state index < -0.39 is 35.6 Å². The summed E-state index contributed by atoms with van der Waals surface area (Å²) in [7, 11) is 1.37. The van der Waals surface area contributed by atoms with Crippen LogP contribution in [0, 0.1) is 11.8 Å². The number of thioether (sulfide) groups is 1. The van der Waals surface area contributed by atoms with Crippen LogP contribution in [0.1, 0.15) is 29.2 Å². The molecule has 4 rings (SSSR count). The van der Waals surface area contributed by atoms with Gasteiger partial charge in [0.25, 0.3) is 0 Å². The molecule has 2 fully saturated rings. The van der Waals surface area contributed by atoms with Gasteiger partial charge >= 0.3 is 12.4 Å². The number of halogens is 6. The molecule has 0 spiro atoms. The minimum Gasteiger partial charge on any atom is -0.493 e. The van der Waals surface area contributed by atoms with Crippen LogP contribution in [0.4, 0.5) is 26.3 Å². The first kappa shape index (κ1) is 26.2. The molecule has 0 bridgehead atoms. The van der Waals surface area contributed by atoms with Gasteiger partial charge in [-0.2, -0.15) is 26.3 Å². The molecule has 1 N–H and O–H groups in total. The number of hydrogen-bond donors (Lipinski definition) is 1. The number of nitrogens with one attached hydrogen (secondary N) is 1. The molecule has 1 saturated carbocycles. The van der Waals surface area contributed by atoms with E-state index in [-0.39, 0.29) is 40.6 Å². The molecule has 36 heavy (non-hydrogen) atoms. The molecular formula is C24H22F6N2O3S. The number of methoxy groups -OCH3 is 1. The van der Waals surface area contributed by atoms with Gasteiger partial charge in [0.05, 0.1) is 24.2 Å². The third-order valence-corrected chi connectivity index (χ3v) is 7.37. The Morgan fingerprint density at radius 3 is 2.42 bits per heavy atom. The third kappa shape index (κ3) is 5.58. The van der Waals surface area contributed by atoms with E-state index in [4.69, 9.17) is 9.47 Å². The highest BCUT2D eigenvalue weighted by Crippen LogP contribution is 2.53. The molecule has 3 atom stereocenters. The van der Waals surface area contributed by atoms with E-state index in [1.165, 1.54) is 13.2 Å². The van der Waals surface area contributed by atoms with E-state index in [1.54, 1.807) is 23.9 Å². The summed E-state index contributed by atoms with van der Waals surface area (Å²) in [6.07, 6.45) is -9.30. The maximum atomic E-state index is 13.4. The summed E-state index contributed by atoms with van der Waals surface area (Å²) in [5, 5.41) is 3.55. The number of carbonyl (C=O) groups excluding carboxylic acids is 1. The number of amidine groups is 1. The van der Waals surface area contributed by atoms with Crippen molar-refractivity contribution in [2.24, 2.45) is 16.8 Å². The van der Waals surface area contributed by atoms with Gasteiger partial charge in [-0.15, -0.1) is 0 Å². The standard InChI is InChI=1S/C24H22F6N2O3S/c1-3-31-22-32-21(33)19-15(20(19)36-22)8-12-4-7-17(18(9-12)34-2)35-11-13-5-6-14(23(25,26)27)10-16(13)24(28,29)30/h4-7,9-10,15,19-20H,3,8,11H2,1-2H3,(H,31,32,33). The number of nitrogens with zero attached hydrogens (tertiary/aromatic N) is 1. The maximum Gasteiger partial charge on any atom is 0.416 e. The highest BCUT2D eigenvalue weighted by Gasteiger charge is 2.58. The van der Waals surface area contributed by atoms with Gasteiger partial charge in [0.1, 0.15) is 6.61 Å². The predicted molar refractivity (Wildman–Crippen MR) is 122 cm³/mol. The molecule has 2 aromatic rings. The molecular weight excluding hydrogens is 510 g/mol. The van der Waals surface area contributed by atoms with Crippen LogP contribution in [0.5, 0.6) is 11.5 Å². The van der Waals surface area contributed by atoms with Crippen molar-refractivity contribution in [2.75, 3.05) is 13.7 Å². The lowest BCUT2D eigenvalue weighted by molar-refractivity contribution is -0.143. The van der Waals surface area contributed by atoms with Crippen molar-refractivity contribution in [3.05, 3.63) is 58.7 Å². The normalized spacial score (nSPS) is 22.7. The molecule has 1 amide bonds. The molecule has 1 heterocycles. The quantitative estimate of drug-likeness (QED) is 0.465. The zero-order chi connectivity index (χ0) is 26.3. The number of fused-ring (bicyclic) bond motifs is 1. The molecule has 1 aliphatic carbocycles. The minimum atomic E-state index is -4.99. The Bertz CT molecular complexity index is 1180. The Kier molecular flexibility index (Phi) is 7.18. The second kappa shape index (κ2) is 9.87. The molecule has 1 saturated heterocycles. The summed E-state index contributed by atoms with van der Waals surface area (Å²) in [6.45, 7) is 1.85. The van der Waals surface area contributed by atoms with Gasteiger partial charge in [0.15, 0.2) is 16.7 Å². The zero-order valence-corrected chi connectivity index (χ0v) is 20.0. The van der Waals surface area contributed by atoms with Crippen LogP contribution < -0.4 is 14.8 Å². The van der Waals surface area contributed by atoms with Gasteiger partial charge in [0.2, 0.25) is 5.91 Å². The fraction of sp³-hybridized carbons (Fsp3) is 0.417. The average molecular weight is 533 g/mol. The van der Waals surface area contributed by atoms with E-state index >= 15 is 0 Å². The topological polar surface area (TPSA) is 59.9 Å². The van der Waals surface area contributed by atoms with Crippen LogP contribution in [0.25, 0.3) is 0 Å². The Hall–Kier alpha value is -2.89. The smallest absolute Gasteiger partial charge is 0.416 e. The van der Waals surface area contributed by atoms with Crippen molar-refractivity contribution in [1.82, 2.24) is 5.32 Å². The molecule has 2 aromatic carbocycles. The highest BCUT2D eigenvalue weighted by molar-refractivity contribution is 8.14. The Labute approximate surface area is 207 Å². The molecule has 0 aromatic heterocycles. The molecule has 12 heteroatoms. The number of carbonyl (C=O) groups is 1. The first-order chi connectivity index (χ1) is 16.9. The summed E-state index contributed by atoms with van der Waals surface area (Å²) in [6, 6.07) is 6.38. The van der Waals surface area contributed by atoms with Crippen LogP contribution in [-0.4, -0.2) is 30.0 Å². The number of amides is 1. The first-order valence-corrected chi connectivity index (χ1v) is 11.9. The summed E-state index contributed by atoms with van der Waals surface area (Å²) in [5.41, 5.74) is -2.38. The summed E-state index contributed by atoms with van der Waals surface area (Å²) < 4.78 is 89.7. The Morgan fingerprint density at radius 1 is 1.03 bits per heavy atom. The maximum absolute atomic E-state index is 13.4. The fourth-order valence-electron chi connectivity index (χ4n) is 4.19.